The molecule has 0 saturated carbocycles. The average molecular weight is 520 g/mol. The highest BCUT2D eigenvalue weighted by molar-refractivity contribution is 7.89. The van der Waals surface area contributed by atoms with Crippen LogP contribution >= 0.6 is 34.5 Å². The Hall–Kier alpha value is -2.23. The number of aryl methyl sites for hydroxylation is 2. The molecule has 0 aliphatic carbocycles. The van der Waals surface area contributed by atoms with Gasteiger partial charge in [-0.1, -0.05) is 53.5 Å². The van der Waals surface area contributed by atoms with Crippen molar-refractivity contribution >= 4 is 54.8 Å². The van der Waals surface area contributed by atoms with E-state index in [1.54, 1.807) is 17.0 Å². The van der Waals surface area contributed by atoms with Gasteiger partial charge in [0, 0.05) is 29.5 Å². The zero-order chi connectivity index (χ0) is 23.2. The SMILES string of the molecule is O=c1c2c3c(sc2ncn1CCc1ccccc1)CN(S(=O)(=O)c1cc(Cl)ccc1Cl)CC3. The Bertz CT molecular complexity index is 1520. The van der Waals surface area contributed by atoms with E-state index in [1.807, 2.05) is 30.3 Å². The van der Waals surface area contributed by atoms with Crippen LogP contribution in [-0.2, 0) is 36.0 Å². The number of rotatable bonds is 5. The fourth-order valence-electron chi connectivity index (χ4n) is 4.07. The van der Waals surface area contributed by atoms with Gasteiger partial charge in [0.05, 0.1) is 16.7 Å². The molecule has 3 heterocycles. The first-order valence-electron chi connectivity index (χ1n) is 10.3. The van der Waals surface area contributed by atoms with Crippen LogP contribution in [0, 0.1) is 0 Å². The van der Waals surface area contributed by atoms with Gasteiger partial charge in [-0.2, -0.15) is 4.31 Å². The van der Waals surface area contributed by atoms with E-state index in [-0.39, 0.29) is 28.6 Å². The highest BCUT2D eigenvalue weighted by atomic mass is 35.5. The molecule has 6 nitrogen and oxygen atoms in total. The van der Waals surface area contributed by atoms with Crippen molar-refractivity contribution in [3.8, 4) is 0 Å². The lowest BCUT2D eigenvalue weighted by atomic mass is 10.1. The van der Waals surface area contributed by atoms with E-state index in [9.17, 15) is 13.2 Å². The molecule has 0 bridgehead atoms. The first-order chi connectivity index (χ1) is 15.8. The second kappa shape index (κ2) is 8.85. The maximum absolute atomic E-state index is 13.2. The monoisotopic (exact) mass is 519 g/mol. The smallest absolute Gasteiger partial charge is 0.262 e. The van der Waals surface area contributed by atoms with Gasteiger partial charge in [-0.15, -0.1) is 11.3 Å². The molecule has 4 aromatic rings. The van der Waals surface area contributed by atoms with E-state index >= 15 is 0 Å². The van der Waals surface area contributed by atoms with E-state index in [0.29, 0.717) is 28.2 Å². The lowest BCUT2D eigenvalue weighted by Gasteiger charge is -2.26. The summed E-state index contributed by atoms with van der Waals surface area (Å²) in [7, 11) is -3.83. The summed E-state index contributed by atoms with van der Waals surface area (Å²) in [5.74, 6) is 0. The number of aromatic nitrogens is 2. The van der Waals surface area contributed by atoms with Gasteiger partial charge in [0.1, 0.15) is 9.73 Å². The molecule has 0 N–H and O–H groups in total. The first kappa shape index (κ1) is 22.6. The molecule has 170 valence electrons. The van der Waals surface area contributed by atoms with E-state index < -0.39 is 10.0 Å². The van der Waals surface area contributed by atoms with E-state index in [1.165, 1.54) is 27.8 Å². The fraction of sp³-hybridized carbons (Fsp3) is 0.217. The molecule has 5 rings (SSSR count). The predicted molar refractivity (Wildman–Crippen MR) is 132 cm³/mol. The van der Waals surface area contributed by atoms with Gasteiger partial charge in [0.25, 0.3) is 5.56 Å². The number of hydrogen-bond acceptors (Lipinski definition) is 5. The van der Waals surface area contributed by atoms with Crippen LogP contribution in [0.5, 0.6) is 0 Å². The number of hydrogen-bond donors (Lipinski definition) is 0. The molecule has 0 unspecified atom stereocenters. The van der Waals surface area contributed by atoms with E-state index in [2.05, 4.69) is 4.98 Å². The van der Waals surface area contributed by atoms with Crippen molar-refractivity contribution < 1.29 is 8.42 Å². The van der Waals surface area contributed by atoms with Crippen LogP contribution in [0.25, 0.3) is 10.2 Å². The Morgan fingerprint density at radius 2 is 1.88 bits per heavy atom. The second-order valence-corrected chi connectivity index (χ2v) is 11.7. The summed E-state index contributed by atoms with van der Waals surface area (Å²) >= 11 is 13.5. The summed E-state index contributed by atoms with van der Waals surface area (Å²) in [6.07, 6.45) is 2.74. The Balaban J connectivity index is 1.45. The Morgan fingerprint density at radius 1 is 1.09 bits per heavy atom. The third-order valence-corrected chi connectivity index (χ3v) is 9.47. The first-order valence-corrected chi connectivity index (χ1v) is 13.3. The minimum Gasteiger partial charge on any atom is -0.298 e. The summed E-state index contributed by atoms with van der Waals surface area (Å²) in [5.41, 5.74) is 1.96. The maximum Gasteiger partial charge on any atom is 0.262 e. The minimum atomic E-state index is -3.83. The summed E-state index contributed by atoms with van der Waals surface area (Å²) in [5, 5.41) is 1.03. The normalized spacial score (nSPS) is 14.5. The summed E-state index contributed by atoms with van der Waals surface area (Å²) in [6.45, 7) is 0.956. The molecule has 33 heavy (non-hydrogen) atoms. The van der Waals surface area contributed by atoms with Crippen LogP contribution in [0.2, 0.25) is 10.0 Å². The average Bonchev–Trinajstić information content (AvgIpc) is 3.19. The van der Waals surface area contributed by atoms with Gasteiger partial charge in [-0.25, -0.2) is 13.4 Å². The zero-order valence-corrected chi connectivity index (χ0v) is 20.5. The number of benzene rings is 2. The molecular weight excluding hydrogens is 501 g/mol. The molecule has 0 amide bonds. The van der Waals surface area contributed by atoms with Crippen LogP contribution < -0.4 is 5.56 Å². The van der Waals surface area contributed by atoms with Crippen molar-refractivity contribution in [1.29, 1.82) is 0 Å². The molecule has 0 radical (unpaired) electrons. The van der Waals surface area contributed by atoms with E-state index in [4.69, 9.17) is 23.2 Å². The van der Waals surface area contributed by atoms with Gasteiger partial charge in [-0.3, -0.25) is 9.36 Å². The lowest BCUT2D eigenvalue weighted by molar-refractivity contribution is 0.396. The maximum atomic E-state index is 13.2. The van der Waals surface area contributed by atoms with Crippen molar-refractivity contribution in [3.05, 3.63) is 91.3 Å². The van der Waals surface area contributed by atoms with Crippen molar-refractivity contribution in [2.24, 2.45) is 0 Å². The third kappa shape index (κ3) is 4.22. The van der Waals surface area contributed by atoms with Crippen molar-refractivity contribution in [2.45, 2.75) is 30.8 Å². The highest BCUT2D eigenvalue weighted by Crippen LogP contribution is 2.36. The van der Waals surface area contributed by atoms with Crippen LogP contribution in [0.3, 0.4) is 0 Å². The Labute approximate surface area is 205 Å². The third-order valence-electron chi connectivity index (χ3n) is 5.79. The van der Waals surface area contributed by atoms with Crippen molar-refractivity contribution in [1.82, 2.24) is 13.9 Å². The molecule has 0 fully saturated rings. The van der Waals surface area contributed by atoms with Gasteiger partial charge in [0.15, 0.2) is 0 Å². The second-order valence-electron chi connectivity index (χ2n) is 7.83. The van der Waals surface area contributed by atoms with Crippen LogP contribution in [0.4, 0.5) is 0 Å². The zero-order valence-electron chi connectivity index (χ0n) is 17.4. The predicted octanol–water partition coefficient (Wildman–Crippen LogP) is 4.75. The molecule has 0 spiro atoms. The van der Waals surface area contributed by atoms with Gasteiger partial charge < -0.3 is 0 Å². The van der Waals surface area contributed by atoms with Crippen LogP contribution in [0.15, 0.2) is 64.5 Å². The van der Waals surface area contributed by atoms with E-state index in [0.717, 1.165) is 22.4 Å². The summed E-state index contributed by atoms with van der Waals surface area (Å²) in [6, 6.07) is 14.4. The summed E-state index contributed by atoms with van der Waals surface area (Å²) < 4.78 is 29.5. The topological polar surface area (TPSA) is 72.3 Å². The quantitative estimate of drug-likeness (QED) is 0.381. The number of fused-ring (bicyclic) bond motifs is 3. The highest BCUT2D eigenvalue weighted by Gasteiger charge is 2.32. The number of halogens is 2. The lowest BCUT2D eigenvalue weighted by Crippen LogP contribution is -2.35. The Morgan fingerprint density at radius 3 is 2.67 bits per heavy atom. The molecule has 1 aliphatic rings. The minimum absolute atomic E-state index is 0.0115. The number of sulfonamides is 1. The van der Waals surface area contributed by atoms with Crippen molar-refractivity contribution in [3.63, 3.8) is 0 Å². The molecule has 2 aromatic carbocycles. The van der Waals surface area contributed by atoms with Gasteiger partial charge >= 0.3 is 0 Å². The summed E-state index contributed by atoms with van der Waals surface area (Å²) in [4.78, 5) is 19.2. The number of nitrogens with zero attached hydrogens (tertiary/aromatic N) is 3. The molecule has 2 aromatic heterocycles. The van der Waals surface area contributed by atoms with Crippen molar-refractivity contribution in [2.75, 3.05) is 6.54 Å². The van der Waals surface area contributed by atoms with Crippen LogP contribution in [-0.4, -0.2) is 28.8 Å². The molecular formula is C23H19Cl2N3O3S2. The molecule has 1 aliphatic heterocycles. The standard InChI is InChI=1S/C23H19Cl2N3O3S2/c24-16-6-7-18(25)20(12-16)33(30,31)28-11-9-17-19(13-28)32-22-21(17)23(29)27(14-26-22)10-8-15-4-2-1-3-5-15/h1-7,12,14H,8-11,13H2. The van der Waals surface area contributed by atoms with Gasteiger partial charge in [0.2, 0.25) is 10.0 Å². The molecule has 0 saturated heterocycles. The molecule has 10 heteroatoms. The van der Waals surface area contributed by atoms with Crippen LogP contribution in [0.1, 0.15) is 16.0 Å². The fourth-order valence-corrected chi connectivity index (χ4v) is 7.49. The Kier molecular flexibility index (Phi) is 6.05. The van der Waals surface area contributed by atoms with Gasteiger partial charge in [-0.05, 0) is 42.2 Å². The number of thiophene rings is 1. The largest absolute Gasteiger partial charge is 0.298 e. The molecule has 0 atom stereocenters.